The first-order valence-corrected chi connectivity index (χ1v) is 10.9. The second-order valence-electron chi connectivity index (χ2n) is 8.08. The monoisotopic (exact) mass is 381 g/mol. The molecule has 1 atom stereocenters. The summed E-state index contributed by atoms with van der Waals surface area (Å²) in [5.74, 6) is 1.14. The van der Waals surface area contributed by atoms with Crippen molar-refractivity contribution in [2.45, 2.75) is 59.1 Å². The first-order chi connectivity index (χ1) is 12.8. The number of thioether (sulfide) groups is 1. The lowest BCUT2D eigenvalue weighted by Crippen LogP contribution is -2.36. The molecule has 1 nitrogen and oxygen atoms in total. The number of hydrogen-bond acceptors (Lipinski definition) is 2. The van der Waals surface area contributed by atoms with Crippen LogP contribution in [0.5, 0.6) is 0 Å². The minimum Gasteiger partial charge on any atom is -0.347 e. The van der Waals surface area contributed by atoms with Crippen LogP contribution < -0.4 is 0 Å². The van der Waals surface area contributed by atoms with Gasteiger partial charge in [0.15, 0.2) is 0 Å². The molecule has 2 aliphatic rings. The Balaban J connectivity index is 2.28. The van der Waals surface area contributed by atoms with E-state index in [1.165, 1.54) is 39.3 Å². The second-order valence-corrected chi connectivity index (χ2v) is 9.29. The zero-order valence-corrected chi connectivity index (χ0v) is 18.6. The SMILES string of the molecule is C=C(C)C/C(C)=C1/C(C2=CC=C(C)C2)SCCN1C(=C)C/C=C\C=C(C)C. The van der Waals surface area contributed by atoms with Crippen LogP contribution in [0.25, 0.3) is 0 Å². The molecule has 1 aliphatic carbocycles. The third-order valence-corrected chi connectivity index (χ3v) is 6.12. The van der Waals surface area contributed by atoms with Crippen LogP contribution in [0.15, 0.2) is 82.8 Å². The zero-order chi connectivity index (χ0) is 20.0. The summed E-state index contributed by atoms with van der Waals surface area (Å²) < 4.78 is 0. The predicted octanol–water partition coefficient (Wildman–Crippen LogP) is 7.35. The molecular weight excluding hydrogens is 346 g/mol. The largest absolute Gasteiger partial charge is 0.347 e. The van der Waals surface area contributed by atoms with Gasteiger partial charge in [-0.1, -0.05) is 60.3 Å². The molecule has 1 fully saturated rings. The zero-order valence-electron chi connectivity index (χ0n) is 17.8. The third kappa shape index (κ3) is 6.17. The van der Waals surface area contributed by atoms with E-state index >= 15 is 0 Å². The fraction of sp³-hybridized carbons (Fsp3) is 0.440. The average molecular weight is 382 g/mol. The van der Waals surface area contributed by atoms with Gasteiger partial charge in [0.2, 0.25) is 0 Å². The Labute approximate surface area is 171 Å². The summed E-state index contributed by atoms with van der Waals surface area (Å²) >= 11 is 2.08. The Morgan fingerprint density at radius 3 is 2.56 bits per heavy atom. The smallest absolute Gasteiger partial charge is 0.0665 e. The van der Waals surface area contributed by atoms with Gasteiger partial charge in [-0.25, -0.2) is 0 Å². The Kier molecular flexibility index (Phi) is 8.04. The lowest BCUT2D eigenvalue weighted by molar-refractivity contribution is 0.423. The molecule has 0 N–H and O–H groups in total. The maximum absolute atomic E-state index is 4.44. The molecule has 2 heteroatoms. The first kappa shape index (κ1) is 21.6. The van der Waals surface area contributed by atoms with Crippen molar-refractivity contribution in [1.29, 1.82) is 0 Å². The number of allylic oxidation sites excluding steroid dienone is 9. The summed E-state index contributed by atoms with van der Waals surface area (Å²) in [4.78, 5) is 2.49. The molecule has 1 unspecified atom stereocenters. The summed E-state index contributed by atoms with van der Waals surface area (Å²) in [6.07, 6.45) is 14.1. The van der Waals surface area contributed by atoms with Gasteiger partial charge >= 0.3 is 0 Å². The normalized spacial score (nSPS) is 21.8. The molecule has 0 aromatic heterocycles. The van der Waals surface area contributed by atoms with Gasteiger partial charge in [0.1, 0.15) is 0 Å². The highest BCUT2D eigenvalue weighted by Crippen LogP contribution is 2.41. The molecule has 27 heavy (non-hydrogen) atoms. The fourth-order valence-electron chi connectivity index (χ4n) is 3.66. The molecule has 0 radical (unpaired) electrons. The summed E-state index contributed by atoms with van der Waals surface area (Å²) in [5.41, 5.74) is 9.61. The van der Waals surface area contributed by atoms with Crippen LogP contribution in [0.4, 0.5) is 0 Å². The van der Waals surface area contributed by atoms with Gasteiger partial charge in [-0.05, 0) is 58.6 Å². The molecule has 0 aromatic carbocycles. The minimum absolute atomic E-state index is 0.435. The molecule has 1 heterocycles. The summed E-state index contributed by atoms with van der Waals surface area (Å²) in [6.45, 7) is 20.5. The van der Waals surface area contributed by atoms with Crippen LogP contribution in [0, 0.1) is 0 Å². The Morgan fingerprint density at radius 1 is 1.22 bits per heavy atom. The van der Waals surface area contributed by atoms with E-state index in [0.29, 0.717) is 5.25 Å². The van der Waals surface area contributed by atoms with Crippen LogP contribution in [-0.4, -0.2) is 22.4 Å². The minimum atomic E-state index is 0.435. The maximum atomic E-state index is 4.44. The van der Waals surface area contributed by atoms with Gasteiger partial charge in [0.25, 0.3) is 0 Å². The Hall–Kier alpha value is -1.67. The average Bonchev–Trinajstić information content (AvgIpc) is 3.03. The van der Waals surface area contributed by atoms with Gasteiger partial charge in [-0.3, -0.25) is 0 Å². The lowest BCUT2D eigenvalue weighted by Gasteiger charge is -2.40. The molecule has 0 saturated carbocycles. The van der Waals surface area contributed by atoms with E-state index in [4.69, 9.17) is 0 Å². The molecule has 0 aromatic rings. The molecule has 0 spiro atoms. The van der Waals surface area contributed by atoms with Crippen molar-refractivity contribution in [3.05, 3.63) is 82.8 Å². The summed E-state index contributed by atoms with van der Waals surface area (Å²) in [5, 5.41) is 0.435. The molecule has 0 bridgehead atoms. The molecular formula is C25H35NS. The first-order valence-electron chi connectivity index (χ1n) is 9.86. The van der Waals surface area contributed by atoms with Crippen LogP contribution in [0.2, 0.25) is 0 Å². The summed E-state index contributed by atoms with van der Waals surface area (Å²) in [7, 11) is 0. The topological polar surface area (TPSA) is 3.24 Å². The van der Waals surface area contributed by atoms with Crippen molar-refractivity contribution in [1.82, 2.24) is 4.90 Å². The third-order valence-electron chi connectivity index (χ3n) is 4.85. The number of rotatable bonds is 7. The van der Waals surface area contributed by atoms with Gasteiger partial charge in [-0.15, -0.1) is 11.8 Å². The van der Waals surface area contributed by atoms with Gasteiger partial charge in [-0.2, -0.15) is 0 Å². The number of nitrogens with zero attached hydrogens (tertiary/aromatic N) is 1. The fourth-order valence-corrected chi connectivity index (χ4v) is 5.04. The van der Waals surface area contributed by atoms with Crippen molar-refractivity contribution in [2.24, 2.45) is 0 Å². The standard InChI is InChI=1S/C25H35NS/c1-18(2)10-8-9-11-22(7)26-14-15-27-25(23-13-12-20(5)17-23)24(26)21(6)16-19(3)4/h8-10,12-13,25H,3,7,11,14-17H2,1-2,4-6H3/b9-8-,24-21-. The van der Waals surface area contributed by atoms with Crippen LogP contribution in [0.3, 0.4) is 0 Å². The van der Waals surface area contributed by atoms with Gasteiger partial charge < -0.3 is 4.90 Å². The quantitative estimate of drug-likeness (QED) is 0.335. The van der Waals surface area contributed by atoms with Gasteiger partial charge in [0, 0.05) is 30.1 Å². The van der Waals surface area contributed by atoms with Crippen LogP contribution in [0.1, 0.15) is 53.9 Å². The van der Waals surface area contributed by atoms with Crippen LogP contribution >= 0.6 is 11.8 Å². The maximum Gasteiger partial charge on any atom is 0.0665 e. The highest BCUT2D eigenvalue weighted by molar-refractivity contribution is 8.00. The van der Waals surface area contributed by atoms with Crippen molar-refractivity contribution >= 4 is 11.8 Å². The highest BCUT2D eigenvalue weighted by Gasteiger charge is 2.31. The van der Waals surface area contributed by atoms with E-state index in [0.717, 1.165) is 31.6 Å². The lowest BCUT2D eigenvalue weighted by atomic mass is 9.98. The second kappa shape index (κ2) is 10.0. The van der Waals surface area contributed by atoms with E-state index in [9.17, 15) is 0 Å². The molecule has 146 valence electrons. The number of hydrogen-bond donors (Lipinski definition) is 0. The predicted molar refractivity (Wildman–Crippen MR) is 124 cm³/mol. The van der Waals surface area contributed by atoms with Crippen molar-refractivity contribution in [2.75, 3.05) is 12.3 Å². The van der Waals surface area contributed by atoms with Crippen molar-refractivity contribution < 1.29 is 0 Å². The molecule has 1 saturated heterocycles. The Morgan fingerprint density at radius 2 is 1.96 bits per heavy atom. The van der Waals surface area contributed by atoms with E-state index in [1.54, 1.807) is 0 Å². The van der Waals surface area contributed by atoms with Crippen molar-refractivity contribution in [3.8, 4) is 0 Å². The molecule has 1 aliphatic heterocycles. The van der Waals surface area contributed by atoms with E-state index in [-0.39, 0.29) is 0 Å². The Bertz CT molecular complexity index is 738. The van der Waals surface area contributed by atoms with Crippen molar-refractivity contribution in [3.63, 3.8) is 0 Å². The molecule has 0 amide bonds. The van der Waals surface area contributed by atoms with Crippen LogP contribution in [-0.2, 0) is 0 Å². The van der Waals surface area contributed by atoms with E-state index < -0.39 is 0 Å². The highest BCUT2D eigenvalue weighted by atomic mass is 32.2. The van der Waals surface area contributed by atoms with E-state index in [1.807, 2.05) is 0 Å². The molecule has 2 rings (SSSR count). The summed E-state index contributed by atoms with van der Waals surface area (Å²) in [6, 6.07) is 0. The van der Waals surface area contributed by atoms with Gasteiger partial charge in [0.05, 0.1) is 5.25 Å². The van der Waals surface area contributed by atoms with E-state index in [2.05, 4.69) is 94.8 Å².